The van der Waals surface area contributed by atoms with E-state index in [0.29, 0.717) is 23.6 Å². The van der Waals surface area contributed by atoms with Crippen molar-refractivity contribution >= 4 is 17.3 Å². The number of hydrogen-bond acceptors (Lipinski definition) is 6. The van der Waals surface area contributed by atoms with Crippen LogP contribution in [-0.4, -0.2) is 45.7 Å². The molecule has 0 unspecified atom stereocenters. The zero-order valence-corrected chi connectivity index (χ0v) is 15.5. The second kappa shape index (κ2) is 8.01. The van der Waals surface area contributed by atoms with Gasteiger partial charge in [0.2, 0.25) is 0 Å². The quantitative estimate of drug-likeness (QED) is 0.502. The van der Waals surface area contributed by atoms with Crippen molar-refractivity contribution < 1.29 is 14.6 Å². The third-order valence-corrected chi connectivity index (χ3v) is 3.87. The Morgan fingerprint density at radius 2 is 2.15 bits per heavy atom. The van der Waals surface area contributed by atoms with Crippen molar-refractivity contribution in [3.8, 4) is 5.75 Å². The Morgan fingerprint density at radius 1 is 1.42 bits per heavy atom. The molecule has 1 aromatic heterocycles. The molecule has 8 heteroatoms. The van der Waals surface area contributed by atoms with Crippen LogP contribution in [0.1, 0.15) is 25.1 Å². The van der Waals surface area contributed by atoms with Crippen LogP contribution < -0.4 is 15.8 Å². The average molecular weight is 359 g/mol. The molecule has 26 heavy (non-hydrogen) atoms. The summed E-state index contributed by atoms with van der Waals surface area (Å²) in [7, 11) is 3.35. The van der Waals surface area contributed by atoms with Crippen molar-refractivity contribution in [2.45, 2.75) is 26.0 Å². The van der Waals surface area contributed by atoms with E-state index >= 15 is 0 Å². The highest BCUT2D eigenvalue weighted by atomic mass is 16.5. The standard InChI is InChI=1S/C18H25N5O3/c1-18(2,11-24)22-17(25)16(20-3)14-9-13(5-6-15(14)19)26-10-12-7-8-21-23(12)4/h5-9,24H,10-11,19H2,1-4H3,(H,22,25). The molecule has 0 saturated carbocycles. The Labute approximate surface area is 152 Å². The number of hydrogen-bond donors (Lipinski definition) is 3. The summed E-state index contributed by atoms with van der Waals surface area (Å²) in [5, 5.41) is 16.2. The molecule has 0 aliphatic heterocycles. The van der Waals surface area contributed by atoms with Crippen LogP contribution in [0.5, 0.6) is 5.75 Å². The summed E-state index contributed by atoms with van der Waals surface area (Å²) in [4.78, 5) is 16.6. The summed E-state index contributed by atoms with van der Waals surface area (Å²) in [5.41, 5.74) is 7.24. The number of nitrogens with one attached hydrogen (secondary N) is 1. The van der Waals surface area contributed by atoms with Crippen molar-refractivity contribution in [2.24, 2.45) is 12.0 Å². The van der Waals surface area contributed by atoms with Gasteiger partial charge in [-0.05, 0) is 38.1 Å². The van der Waals surface area contributed by atoms with Crippen LogP contribution >= 0.6 is 0 Å². The van der Waals surface area contributed by atoms with Gasteiger partial charge < -0.3 is 20.9 Å². The molecule has 8 nitrogen and oxygen atoms in total. The van der Waals surface area contributed by atoms with E-state index < -0.39 is 11.4 Å². The summed E-state index contributed by atoms with van der Waals surface area (Å²) < 4.78 is 7.50. The summed E-state index contributed by atoms with van der Waals surface area (Å²) in [6.07, 6.45) is 1.70. The average Bonchev–Trinajstić information content (AvgIpc) is 3.00. The number of anilines is 1. The van der Waals surface area contributed by atoms with Crippen LogP contribution in [0.15, 0.2) is 35.5 Å². The zero-order chi connectivity index (χ0) is 19.3. The van der Waals surface area contributed by atoms with Gasteiger partial charge in [0.1, 0.15) is 18.1 Å². The predicted octanol–water partition coefficient (Wildman–Crippen LogP) is 0.887. The number of amides is 1. The molecule has 0 aliphatic carbocycles. The molecule has 0 aliphatic rings. The Bertz CT molecular complexity index is 811. The van der Waals surface area contributed by atoms with E-state index in [2.05, 4.69) is 15.4 Å². The molecule has 0 spiro atoms. The van der Waals surface area contributed by atoms with E-state index in [0.717, 1.165) is 5.69 Å². The van der Waals surface area contributed by atoms with Gasteiger partial charge in [0.25, 0.3) is 5.91 Å². The molecule has 0 atom stereocenters. The highest BCUT2D eigenvalue weighted by Gasteiger charge is 2.24. The lowest BCUT2D eigenvalue weighted by molar-refractivity contribution is -0.116. The number of benzene rings is 1. The Hall–Kier alpha value is -2.87. The maximum absolute atomic E-state index is 12.5. The molecule has 140 valence electrons. The van der Waals surface area contributed by atoms with Gasteiger partial charge in [0.15, 0.2) is 0 Å². The monoisotopic (exact) mass is 359 g/mol. The number of nitrogen functional groups attached to an aromatic ring is 1. The largest absolute Gasteiger partial charge is 0.487 e. The summed E-state index contributed by atoms with van der Waals surface area (Å²) >= 11 is 0. The molecule has 2 aromatic rings. The van der Waals surface area contributed by atoms with Crippen LogP contribution in [0.3, 0.4) is 0 Å². The summed E-state index contributed by atoms with van der Waals surface area (Å²) in [6, 6.07) is 6.95. The lowest BCUT2D eigenvalue weighted by Crippen LogP contribution is -2.49. The van der Waals surface area contributed by atoms with E-state index in [1.807, 2.05) is 13.1 Å². The van der Waals surface area contributed by atoms with Crippen LogP contribution in [-0.2, 0) is 18.4 Å². The smallest absolute Gasteiger partial charge is 0.270 e. The Kier molecular flexibility index (Phi) is 5.99. The number of rotatable bonds is 7. The molecule has 0 saturated heterocycles. The SMILES string of the molecule is CN=C(C(=O)NC(C)(C)CO)c1cc(OCc2ccnn2C)ccc1N. The maximum Gasteiger partial charge on any atom is 0.270 e. The van der Waals surface area contributed by atoms with Gasteiger partial charge in [-0.2, -0.15) is 5.10 Å². The molecule has 0 radical (unpaired) electrons. The van der Waals surface area contributed by atoms with Gasteiger partial charge in [0, 0.05) is 31.5 Å². The Morgan fingerprint density at radius 3 is 2.73 bits per heavy atom. The van der Waals surface area contributed by atoms with Crippen molar-refractivity contribution in [1.29, 1.82) is 0 Å². The number of aliphatic imine (C=N–C) groups is 1. The lowest BCUT2D eigenvalue weighted by atomic mass is 10.0. The molecule has 1 amide bonds. The number of carbonyl (C=O) groups is 1. The number of ether oxygens (including phenoxy) is 1. The van der Waals surface area contributed by atoms with Gasteiger partial charge in [-0.15, -0.1) is 0 Å². The Balaban J connectivity index is 2.21. The number of aromatic nitrogens is 2. The first-order valence-corrected chi connectivity index (χ1v) is 8.17. The van der Waals surface area contributed by atoms with Crippen molar-refractivity contribution in [1.82, 2.24) is 15.1 Å². The molecule has 2 rings (SSSR count). The van der Waals surface area contributed by atoms with Gasteiger partial charge >= 0.3 is 0 Å². The number of aliphatic hydroxyl groups excluding tert-OH is 1. The number of nitrogens with two attached hydrogens (primary N) is 1. The highest BCUT2D eigenvalue weighted by molar-refractivity contribution is 6.46. The molecule has 1 aromatic carbocycles. The molecule has 4 N–H and O–H groups in total. The van der Waals surface area contributed by atoms with E-state index in [-0.39, 0.29) is 12.3 Å². The molecule has 0 fully saturated rings. The van der Waals surface area contributed by atoms with E-state index in [4.69, 9.17) is 10.5 Å². The molecular formula is C18H25N5O3. The first-order valence-electron chi connectivity index (χ1n) is 8.17. The van der Waals surface area contributed by atoms with Crippen molar-refractivity contribution in [3.63, 3.8) is 0 Å². The topological polar surface area (TPSA) is 115 Å². The van der Waals surface area contributed by atoms with Crippen LogP contribution in [0.25, 0.3) is 0 Å². The molecule has 1 heterocycles. The number of aryl methyl sites for hydroxylation is 1. The third kappa shape index (κ3) is 4.60. The van der Waals surface area contributed by atoms with Crippen molar-refractivity contribution in [2.75, 3.05) is 19.4 Å². The minimum Gasteiger partial charge on any atom is -0.487 e. The van der Waals surface area contributed by atoms with Gasteiger partial charge in [0.05, 0.1) is 17.8 Å². The fraction of sp³-hybridized carbons (Fsp3) is 0.389. The third-order valence-electron chi connectivity index (χ3n) is 3.87. The summed E-state index contributed by atoms with van der Waals surface area (Å²) in [5.74, 6) is 0.146. The first kappa shape index (κ1) is 19.5. The normalized spacial score (nSPS) is 12.1. The minimum atomic E-state index is -0.768. The zero-order valence-electron chi connectivity index (χ0n) is 15.5. The van der Waals surface area contributed by atoms with E-state index in [1.54, 1.807) is 42.9 Å². The number of carbonyl (C=O) groups excluding carboxylic acids is 1. The highest BCUT2D eigenvalue weighted by Crippen LogP contribution is 2.22. The van der Waals surface area contributed by atoms with Gasteiger partial charge in [-0.3, -0.25) is 14.5 Å². The fourth-order valence-electron chi connectivity index (χ4n) is 2.28. The maximum atomic E-state index is 12.5. The summed E-state index contributed by atoms with van der Waals surface area (Å²) in [6.45, 7) is 3.57. The minimum absolute atomic E-state index is 0.176. The van der Waals surface area contributed by atoms with Crippen LogP contribution in [0, 0.1) is 0 Å². The van der Waals surface area contributed by atoms with E-state index in [9.17, 15) is 9.90 Å². The molecular weight excluding hydrogens is 334 g/mol. The number of aliphatic hydroxyl groups is 1. The van der Waals surface area contributed by atoms with Crippen LogP contribution in [0.2, 0.25) is 0 Å². The van der Waals surface area contributed by atoms with Crippen molar-refractivity contribution in [3.05, 3.63) is 41.7 Å². The fourth-order valence-corrected chi connectivity index (χ4v) is 2.28. The lowest BCUT2D eigenvalue weighted by Gasteiger charge is -2.24. The van der Waals surface area contributed by atoms with Gasteiger partial charge in [-0.1, -0.05) is 0 Å². The van der Waals surface area contributed by atoms with Gasteiger partial charge in [-0.25, -0.2) is 0 Å². The predicted molar refractivity (Wildman–Crippen MR) is 100 cm³/mol. The second-order valence-corrected chi connectivity index (χ2v) is 6.55. The molecule has 0 bridgehead atoms. The first-order chi connectivity index (χ1) is 12.3. The number of nitrogens with zero attached hydrogens (tertiary/aromatic N) is 3. The van der Waals surface area contributed by atoms with E-state index in [1.165, 1.54) is 7.05 Å². The second-order valence-electron chi connectivity index (χ2n) is 6.55. The van der Waals surface area contributed by atoms with Crippen LogP contribution in [0.4, 0.5) is 5.69 Å².